The number of methoxy groups -OCH3 is 1. The van der Waals surface area contributed by atoms with E-state index in [1.807, 2.05) is 55.5 Å². The average molecular weight is 297 g/mol. The van der Waals surface area contributed by atoms with E-state index in [2.05, 4.69) is 12.2 Å². The highest BCUT2D eigenvalue weighted by Crippen LogP contribution is 2.28. The van der Waals surface area contributed by atoms with E-state index in [1.165, 1.54) is 0 Å². The number of carbonyl (C=O) groups is 1. The molecule has 2 rings (SSSR count). The fourth-order valence-electron chi connectivity index (χ4n) is 2.56. The predicted molar refractivity (Wildman–Crippen MR) is 90.5 cm³/mol. The highest BCUT2D eigenvalue weighted by atomic mass is 16.5. The highest BCUT2D eigenvalue weighted by Gasteiger charge is 2.20. The van der Waals surface area contributed by atoms with Crippen molar-refractivity contribution in [3.8, 4) is 5.75 Å². The van der Waals surface area contributed by atoms with Crippen LogP contribution >= 0.6 is 0 Å². The van der Waals surface area contributed by atoms with Gasteiger partial charge in [-0.15, -0.1) is 0 Å². The molecular weight excluding hydrogens is 274 g/mol. The number of carbonyl (C=O) groups excluding carboxylic acids is 1. The summed E-state index contributed by atoms with van der Waals surface area (Å²) in [7, 11) is 1.61. The van der Waals surface area contributed by atoms with Gasteiger partial charge in [0.2, 0.25) is 5.91 Å². The van der Waals surface area contributed by atoms with Gasteiger partial charge >= 0.3 is 0 Å². The summed E-state index contributed by atoms with van der Waals surface area (Å²) in [6, 6.07) is 15.7. The predicted octanol–water partition coefficient (Wildman–Crippen LogP) is 4.53. The van der Waals surface area contributed by atoms with Crippen molar-refractivity contribution in [2.75, 3.05) is 12.4 Å². The van der Waals surface area contributed by atoms with E-state index in [0.29, 0.717) is 5.75 Å². The van der Waals surface area contributed by atoms with Gasteiger partial charge < -0.3 is 10.1 Å². The van der Waals surface area contributed by atoms with Crippen LogP contribution in [0.2, 0.25) is 0 Å². The lowest BCUT2D eigenvalue weighted by Crippen LogP contribution is -2.21. The molecule has 22 heavy (non-hydrogen) atoms. The van der Waals surface area contributed by atoms with Crippen molar-refractivity contribution < 1.29 is 9.53 Å². The van der Waals surface area contributed by atoms with Gasteiger partial charge in [0.1, 0.15) is 5.75 Å². The minimum Gasteiger partial charge on any atom is -0.495 e. The second-order valence-electron chi connectivity index (χ2n) is 5.44. The zero-order valence-corrected chi connectivity index (χ0v) is 13.4. The Kier molecular flexibility index (Phi) is 5.59. The number of amides is 1. The summed E-state index contributed by atoms with van der Waals surface area (Å²) >= 11 is 0. The molecule has 0 heterocycles. The van der Waals surface area contributed by atoms with Gasteiger partial charge in [0.05, 0.1) is 18.7 Å². The standard InChI is InChI=1S/C19H23NO2/c1-4-8-16(15-9-6-5-7-10-15)19(21)20-17-13-14(2)11-12-18(17)22-3/h5-7,9-13,16H,4,8H2,1-3H3,(H,20,21)/t16-/m0/s1. The van der Waals surface area contributed by atoms with E-state index in [0.717, 1.165) is 29.7 Å². The Bertz CT molecular complexity index is 623. The highest BCUT2D eigenvalue weighted by molar-refractivity contribution is 5.97. The third kappa shape index (κ3) is 3.88. The number of hydrogen-bond donors (Lipinski definition) is 1. The zero-order chi connectivity index (χ0) is 15.9. The number of rotatable bonds is 6. The van der Waals surface area contributed by atoms with Gasteiger partial charge in [-0.2, -0.15) is 0 Å². The number of aryl methyl sites for hydroxylation is 1. The van der Waals surface area contributed by atoms with Crippen LogP contribution in [0.3, 0.4) is 0 Å². The Morgan fingerprint density at radius 1 is 1.18 bits per heavy atom. The molecule has 0 saturated heterocycles. The van der Waals surface area contributed by atoms with E-state index in [1.54, 1.807) is 7.11 Å². The molecule has 1 atom stereocenters. The third-order valence-corrected chi connectivity index (χ3v) is 3.71. The van der Waals surface area contributed by atoms with Gasteiger partial charge in [0.25, 0.3) is 0 Å². The van der Waals surface area contributed by atoms with Gasteiger partial charge in [-0.05, 0) is 36.6 Å². The molecule has 1 amide bonds. The summed E-state index contributed by atoms with van der Waals surface area (Å²) in [5.41, 5.74) is 2.86. The summed E-state index contributed by atoms with van der Waals surface area (Å²) in [5, 5.41) is 3.02. The molecule has 0 fully saturated rings. The molecule has 2 aromatic rings. The fourth-order valence-corrected chi connectivity index (χ4v) is 2.56. The van der Waals surface area contributed by atoms with Gasteiger partial charge in [-0.25, -0.2) is 0 Å². The van der Waals surface area contributed by atoms with Crippen LogP contribution in [-0.4, -0.2) is 13.0 Å². The molecule has 3 nitrogen and oxygen atoms in total. The molecule has 0 aliphatic rings. The van der Waals surface area contributed by atoms with Crippen molar-refractivity contribution in [3.05, 3.63) is 59.7 Å². The molecular formula is C19H23NO2. The molecule has 2 aromatic carbocycles. The van der Waals surface area contributed by atoms with Crippen molar-refractivity contribution in [3.63, 3.8) is 0 Å². The molecule has 0 aromatic heterocycles. The van der Waals surface area contributed by atoms with Crippen molar-refractivity contribution in [2.24, 2.45) is 0 Å². The maximum Gasteiger partial charge on any atom is 0.232 e. The van der Waals surface area contributed by atoms with Crippen LogP contribution in [0.25, 0.3) is 0 Å². The minimum absolute atomic E-state index is 0.0111. The molecule has 0 bridgehead atoms. The van der Waals surface area contributed by atoms with Crippen LogP contribution in [-0.2, 0) is 4.79 Å². The van der Waals surface area contributed by atoms with Gasteiger partial charge in [-0.3, -0.25) is 4.79 Å². The zero-order valence-electron chi connectivity index (χ0n) is 13.4. The maximum absolute atomic E-state index is 12.7. The molecule has 0 saturated carbocycles. The Labute approximate surface area is 132 Å². The fraction of sp³-hybridized carbons (Fsp3) is 0.316. The van der Waals surface area contributed by atoms with Crippen LogP contribution < -0.4 is 10.1 Å². The van der Waals surface area contributed by atoms with Crippen LogP contribution in [0.15, 0.2) is 48.5 Å². The second-order valence-corrected chi connectivity index (χ2v) is 5.44. The average Bonchev–Trinajstić information content (AvgIpc) is 2.53. The first-order valence-electron chi connectivity index (χ1n) is 7.66. The molecule has 116 valence electrons. The molecule has 0 aliphatic carbocycles. The smallest absolute Gasteiger partial charge is 0.232 e. The van der Waals surface area contributed by atoms with E-state index in [4.69, 9.17) is 4.74 Å². The quantitative estimate of drug-likeness (QED) is 0.851. The lowest BCUT2D eigenvalue weighted by Gasteiger charge is -2.18. The van der Waals surface area contributed by atoms with Crippen molar-refractivity contribution in [1.29, 1.82) is 0 Å². The van der Waals surface area contributed by atoms with Crippen molar-refractivity contribution >= 4 is 11.6 Å². The number of ether oxygens (including phenoxy) is 1. The summed E-state index contributed by atoms with van der Waals surface area (Å²) in [5.74, 6) is 0.552. The SMILES string of the molecule is CCC[C@H](C(=O)Nc1cc(C)ccc1OC)c1ccccc1. The molecule has 3 heteroatoms. The lowest BCUT2D eigenvalue weighted by molar-refractivity contribution is -0.117. The van der Waals surface area contributed by atoms with Gasteiger partial charge in [0, 0.05) is 0 Å². The summed E-state index contributed by atoms with van der Waals surface area (Å²) < 4.78 is 5.33. The monoisotopic (exact) mass is 297 g/mol. The minimum atomic E-state index is -0.142. The van der Waals surface area contributed by atoms with Gasteiger partial charge in [0.15, 0.2) is 0 Å². The lowest BCUT2D eigenvalue weighted by atomic mass is 9.93. The Hall–Kier alpha value is -2.29. The number of hydrogen-bond acceptors (Lipinski definition) is 2. The summed E-state index contributed by atoms with van der Waals surface area (Å²) in [4.78, 5) is 12.7. The Balaban J connectivity index is 2.24. The van der Waals surface area contributed by atoms with Crippen molar-refractivity contribution in [1.82, 2.24) is 0 Å². The number of nitrogens with one attached hydrogen (secondary N) is 1. The number of anilines is 1. The van der Waals surface area contributed by atoms with E-state index >= 15 is 0 Å². The second kappa shape index (κ2) is 7.64. The van der Waals surface area contributed by atoms with Crippen molar-refractivity contribution in [2.45, 2.75) is 32.6 Å². The first-order chi connectivity index (χ1) is 10.7. The Morgan fingerprint density at radius 3 is 2.55 bits per heavy atom. The van der Waals surface area contributed by atoms with Gasteiger partial charge in [-0.1, -0.05) is 49.7 Å². The molecule has 0 spiro atoms. The normalized spacial score (nSPS) is 11.8. The first-order valence-corrected chi connectivity index (χ1v) is 7.66. The third-order valence-electron chi connectivity index (χ3n) is 3.71. The summed E-state index contributed by atoms with van der Waals surface area (Å²) in [6.45, 7) is 4.09. The molecule has 0 aliphatic heterocycles. The summed E-state index contributed by atoms with van der Waals surface area (Å²) in [6.07, 6.45) is 1.78. The van der Waals surface area contributed by atoms with Crippen LogP contribution in [0.1, 0.15) is 36.8 Å². The first kappa shape index (κ1) is 16.1. The maximum atomic E-state index is 12.7. The largest absolute Gasteiger partial charge is 0.495 e. The molecule has 1 N–H and O–H groups in total. The van der Waals surface area contributed by atoms with E-state index in [-0.39, 0.29) is 11.8 Å². The molecule has 0 radical (unpaired) electrons. The van der Waals surface area contributed by atoms with Crippen LogP contribution in [0.5, 0.6) is 5.75 Å². The van der Waals surface area contributed by atoms with E-state index in [9.17, 15) is 4.79 Å². The van der Waals surface area contributed by atoms with E-state index < -0.39 is 0 Å². The van der Waals surface area contributed by atoms with Crippen LogP contribution in [0.4, 0.5) is 5.69 Å². The topological polar surface area (TPSA) is 38.3 Å². The number of benzene rings is 2. The Morgan fingerprint density at radius 2 is 1.91 bits per heavy atom. The van der Waals surface area contributed by atoms with Crippen LogP contribution in [0, 0.1) is 6.92 Å². The molecule has 0 unspecified atom stereocenters.